The van der Waals surface area contributed by atoms with Crippen LogP contribution in [0.15, 0.2) is 54.6 Å². The monoisotopic (exact) mass is 286 g/mol. The summed E-state index contributed by atoms with van der Waals surface area (Å²) >= 11 is 0. The van der Waals surface area contributed by atoms with Gasteiger partial charge in [-0.15, -0.1) is 0 Å². The van der Waals surface area contributed by atoms with Crippen molar-refractivity contribution in [2.75, 3.05) is 20.1 Å². The van der Waals surface area contributed by atoms with E-state index in [2.05, 4.69) is 36.2 Å². The first-order chi connectivity index (χ1) is 10.2. The summed E-state index contributed by atoms with van der Waals surface area (Å²) in [6.07, 6.45) is 1.78. The molecule has 21 heavy (non-hydrogen) atoms. The molecule has 0 aliphatic rings. The quantitative estimate of drug-likeness (QED) is 0.845. The second-order valence-electron chi connectivity index (χ2n) is 5.46. The summed E-state index contributed by atoms with van der Waals surface area (Å²) in [5.74, 6) is -0.211. The third-order valence-electron chi connectivity index (χ3n) is 3.75. The van der Waals surface area contributed by atoms with Crippen LogP contribution in [0.1, 0.15) is 23.6 Å². The van der Waals surface area contributed by atoms with E-state index in [1.54, 1.807) is 12.1 Å². The lowest BCUT2D eigenvalue weighted by Crippen LogP contribution is -2.26. The standard InChI is InChI=1S/C18H23FN2/c1-21(13-11-15-7-3-2-4-8-15)14-12-18(20)16-9-5-6-10-17(16)19/h2-10,18H,11-14,20H2,1H3. The fourth-order valence-electron chi connectivity index (χ4n) is 2.37. The van der Waals surface area contributed by atoms with Crippen LogP contribution in [-0.4, -0.2) is 25.0 Å². The lowest BCUT2D eigenvalue weighted by atomic mass is 10.0. The minimum atomic E-state index is -0.245. The molecule has 0 radical (unpaired) electrons. The van der Waals surface area contributed by atoms with Gasteiger partial charge in [0.05, 0.1) is 0 Å². The molecular formula is C18H23FN2. The summed E-state index contributed by atoms with van der Waals surface area (Å²) in [5, 5.41) is 0. The fraction of sp³-hybridized carbons (Fsp3) is 0.333. The van der Waals surface area contributed by atoms with E-state index in [9.17, 15) is 4.39 Å². The largest absolute Gasteiger partial charge is 0.324 e. The molecule has 0 saturated heterocycles. The third kappa shape index (κ3) is 4.96. The zero-order valence-corrected chi connectivity index (χ0v) is 12.5. The molecule has 3 heteroatoms. The van der Waals surface area contributed by atoms with Crippen molar-refractivity contribution in [3.05, 3.63) is 71.5 Å². The maximum Gasteiger partial charge on any atom is 0.127 e. The molecule has 0 aliphatic carbocycles. The summed E-state index contributed by atoms with van der Waals surface area (Å²) < 4.78 is 13.6. The average Bonchev–Trinajstić information content (AvgIpc) is 2.52. The number of benzene rings is 2. The fourth-order valence-corrected chi connectivity index (χ4v) is 2.37. The number of hydrogen-bond acceptors (Lipinski definition) is 2. The predicted octanol–water partition coefficient (Wildman–Crippen LogP) is 3.39. The molecule has 0 bridgehead atoms. The highest BCUT2D eigenvalue weighted by molar-refractivity contribution is 5.20. The van der Waals surface area contributed by atoms with Crippen LogP contribution in [0.2, 0.25) is 0 Å². The summed E-state index contributed by atoms with van der Waals surface area (Å²) in [6.45, 7) is 1.84. The second kappa shape index (κ2) is 7.91. The Balaban J connectivity index is 1.76. The van der Waals surface area contributed by atoms with Crippen molar-refractivity contribution in [3.8, 4) is 0 Å². The van der Waals surface area contributed by atoms with Crippen molar-refractivity contribution in [2.45, 2.75) is 18.9 Å². The van der Waals surface area contributed by atoms with Gasteiger partial charge in [0.2, 0.25) is 0 Å². The van der Waals surface area contributed by atoms with E-state index in [0.717, 1.165) is 25.9 Å². The van der Waals surface area contributed by atoms with Crippen LogP contribution in [0.3, 0.4) is 0 Å². The molecule has 0 amide bonds. The Labute approximate surface area is 126 Å². The zero-order valence-electron chi connectivity index (χ0n) is 12.5. The van der Waals surface area contributed by atoms with Crippen LogP contribution >= 0.6 is 0 Å². The molecule has 0 saturated carbocycles. The van der Waals surface area contributed by atoms with Gasteiger partial charge in [-0.3, -0.25) is 0 Å². The maximum atomic E-state index is 13.6. The minimum absolute atomic E-state index is 0.211. The Bertz CT molecular complexity index is 542. The Morgan fingerprint density at radius 3 is 2.38 bits per heavy atom. The predicted molar refractivity (Wildman–Crippen MR) is 85.6 cm³/mol. The molecule has 2 N–H and O–H groups in total. The van der Waals surface area contributed by atoms with Crippen molar-refractivity contribution in [1.82, 2.24) is 4.90 Å². The van der Waals surface area contributed by atoms with Crippen molar-refractivity contribution in [3.63, 3.8) is 0 Å². The Morgan fingerprint density at radius 1 is 1.00 bits per heavy atom. The molecule has 112 valence electrons. The third-order valence-corrected chi connectivity index (χ3v) is 3.75. The average molecular weight is 286 g/mol. The molecule has 0 aliphatic heterocycles. The van der Waals surface area contributed by atoms with Gasteiger partial charge in [0, 0.05) is 18.2 Å². The van der Waals surface area contributed by atoms with E-state index in [-0.39, 0.29) is 11.9 Å². The normalized spacial score (nSPS) is 12.6. The Hall–Kier alpha value is -1.71. The Kier molecular flexibility index (Phi) is 5.90. The van der Waals surface area contributed by atoms with Gasteiger partial charge in [-0.25, -0.2) is 4.39 Å². The maximum absolute atomic E-state index is 13.6. The van der Waals surface area contributed by atoms with Gasteiger partial charge >= 0.3 is 0 Å². The first-order valence-electron chi connectivity index (χ1n) is 7.39. The molecule has 1 atom stereocenters. The van der Waals surface area contributed by atoms with Crippen molar-refractivity contribution in [1.29, 1.82) is 0 Å². The molecule has 1 unspecified atom stereocenters. The number of halogens is 1. The molecular weight excluding hydrogens is 263 g/mol. The van der Waals surface area contributed by atoms with Gasteiger partial charge in [-0.05, 0) is 38.1 Å². The topological polar surface area (TPSA) is 29.3 Å². The summed E-state index contributed by atoms with van der Waals surface area (Å²) in [4.78, 5) is 2.24. The van der Waals surface area contributed by atoms with Crippen LogP contribution < -0.4 is 5.73 Å². The SMILES string of the molecule is CN(CCc1ccccc1)CCC(N)c1ccccc1F. The first-order valence-corrected chi connectivity index (χ1v) is 7.39. The van der Waals surface area contributed by atoms with Crippen LogP contribution in [0.25, 0.3) is 0 Å². The molecule has 0 fully saturated rings. The van der Waals surface area contributed by atoms with E-state index in [1.807, 2.05) is 12.1 Å². The smallest absolute Gasteiger partial charge is 0.127 e. The van der Waals surface area contributed by atoms with E-state index in [1.165, 1.54) is 11.6 Å². The van der Waals surface area contributed by atoms with E-state index < -0.39 is 0 Å². The van der Waals surface area contributed by atoms with Crippen LogP contribution in [0.5, 0.6) is 0 Å². The number of nitrogens with zero attached hydrogens (tertiary/aromatic N) is 1. The number of nitrogens with two attached hydrogens (primary N) is 1. The van der Waals surface area contributed by atoms with Gasteiger partial charge in [0.15, 0.2) is 0 Å². The molecule has 2 nitrogen and oxygen atoms in total. The highest BCUT2D eigenvalue weighted by atomic mass is 19.1. The van der Waals surface area contributed by atoms with E-state index in [0.29, 0.717) is 5.56 Å². The zero-order chi connectivity index (χ0) is 15.1. The highest BCUT2D eigenvalue weighted by Crippen LogP contribution is 2.17. The molecule has 2 aromatic carbocycles. The molecule has 2 aromatic rings. The molecule has 0 heterocycles. The summed E-state index contributed by atoms with van der Waals surface area (Å²) in [7, 11) is 2.08. The van der Waals surface area contributed by atoms with Crippen molar-refractivity contribution >= 4 is 0 Å². The molecule has 0 aromatic heterocycles. The number of rotatable bonds is 7. The highest BCUT2D eigenvalue weighted by Gasteiger charge is 2.11. The van der Waals surface area contributed by atoms with Crippen LogP contribution in [0, 0.1) is 5.82 Å². The van der Waals surface area contributed by atoms with E-state index >= 15 is 0 Å². The first kappa shape index (κ1) is 15.7. The Morgan fingerprint density at radius 2 is 1.67 bits per heavy atom. The van der Waals surface area contributed by atoms with Gasteiger partial charge in [-0.1, -0.05) is 48.5 Å². The second-order valence-corrected chi connectivity index (χ2v) is 5.46. The molecule has 0 spiro atoms. The number of likely N-dealkylation sites (N-methyl/N-ethyl adjacent to an activating group) is 1. The number of hydrogen-bond donors (Lipinski definition) is 1. The van der Waals surface area contributed by atoms with E-state index in [4.69, 9.17) is 5.73 Å². The van der Waals surface area contributed by atoms with Crippen molar-refractivity contribution in [2.24, 2.45) is 5.73 Å². The lowest BCUT2D eigenvalue weighted by molar-refractivity contribution is 0.321. The minimum Gasteiger partial charge on any atom is -0.324 e. The molecule has 2 rings (SSSR count). The van der Waals surface area contributed by atoms with Gasteiger partial charge in [0.1, 0.15) is 5.82 Å². The van der Waals surface area contributed by atoms with Crippen LogP contribution in [-0.2, 0) is 6.42 Å². The van der Waals surface area contributed by atoms with Gasteiger partial charge < -0.3 is 10.6 Å². The lowest BCUT2D eigenvalue weighted by Gasteiger charge is -2.20. The van der Waals surface area contributed by atoms with Crippen LogP contribution in [0.4, 0.5) is 4.39 Å². The van der Waals surface area contributed by atoms with Gasteiger partial charge in [0.25, 0.3) is 0 Å². The summed E-state index contributed by atoms with van der Waals surface area (Å²) in [5.41, 5.74) is 8.03. The summed E-state index contributed by atoms with van der Waals surface area (Å²) in [6, 6.07) is 16.9. The van der Waals surface area contributed by atoms with Crippen molar-refractivity contribution < 1.29 is 4.39 Å². The van der Waals surface area contributed by atoms with Gasteiger partial charge in [-0.2, -0.15) is 0 Å².